The highest BCUT2D eigenvalue weighted by atomic mass is 16.1. The third kappa shape index (κ3) is 4.27. The number of carbonyl (C=O) groups is 1. The minimum absolute atomic E-state index is 0.0754. The number of carbonyl (C=O) groups excluding carboxylic acids is 1. The van der Waals surface area contributed by atoms with E-state index in [1.54, 1.807) is 12.4 Å². The Kier molecular flexibility index (Phi) is 5.75. The van der Waals surface area contributed by atoms with Crippen LogP contribution in [0.15, 0.2) is 48.8 Å². The van der Waals surface area contributed by atoms with Crippen molar-refractivity contribution in [3.05, 3.63) is 65.9 Å². The van der Waals surface area contributed by atoms with E-state index in [1.165, 1.54) is 19.3 Å². The molecule has 0 aliphatic heterocycles. The van der Waals surface area contributed by atoms with E-state index in [0.717, 1.165) is 35.6 Å². The number of hydrogen-bond acceptors (Lipinski definition) is 4. The fourth-order valence-corrected chi connectivity index (χ4v) is 3.85. The van der Waals surface area contributed by atoms with E-state index in [4.69, 9.17) is 0 Å². The van der Waals surface area contributed by atoms with Crippen molar-refractivity contribution in [3.8, 4) is 11.3 Å². The molecule has 0 unspecified atom stereocenters. The van der Waals surface area contributed by atoms with Crippen molar-refractivity contribution >= 4 is 5.91 Å². The highest BCUT2D eigenvalue weighted by Gasteiger charge is 2.23. The molecule has 0 spiro atoms. The highest BCUT2D eigenvalue weighted by Crippen LogP contribution is 2.33. The molecule has 3 aromatic rings. The Morgan fingerprint density at radius 1 is 1.11 bits per heavy atom. The van der Waals surface area contributed by atoms with E-state index in [-0.39, 0.29) is 5.91 Å². The number of nitrogens with one attached hydrogen (secondary N) is 2. The average Bonchev–Trinajstić information content (AvgIpc) is 3.25. The molecule has 144 valence electrons. The van der Waals surface area contributed by atoms with Gasteiger partial charge in [0.2, 0.25) is 0 Å². The van der Waals surface area contributed by atoms with Gasteiger partial charge in [-0.2, -0.15) is 5.10 Å². The summed E-state index contributed by atoms with van der Waals surface area (Å²) in [6.07, 6.45) is 9.98. The molecular weight excluding hydrogens is 350 g/mol. The lowest BCUT2D eigenvalue weighted by molar-refractivity contribution is 0.0952. The zero-order valence-electron chi connectivity index (χ0n) is 15.9. The van der Waals surface area contributed by atoms with Crippen molar-refractivity contribution in [1.82, 2.24) is 25.5 Å². The first-order valence-electron chi connectivity index (χ1n) is 10.00. The Morgan fingerprint density at radius 2 is 1.93 bits per heavy atom. The molecule has 28 heavy (non-hydrogen) atoms. The first kappa shape index (κ1) is 18.3. The summed E-state index contributed by atoms with van der Waals surface area (Å²) < 4.78 is 0. The Morgan fingerprint density at radius 3 is 2.75 bits per heavy atom. The fourth-order valence-electron chi connectivity index (χ4n) is 3.85. The summed E-state index contributed by atoms with van der Waals surface area (Å²) in [5.41, 5.74) is 3.61. The second-order valence-corrected chi connectivity index (χ2v) is 7.26. The van der Waals surface area contributed by atoms with Crippen molar-refractivity contribution < 1.29 is 4.79 Å². The molecule has 6 nitrogen and oxygen atoms in total. The van der Waals surface area contributed by atoms with Gasteiger partial charge in [0.15, 0.2) is 0 Å². The minimum Gasteiger partial charge on any atom is -0.351 e. The van der Waals surface area contributed by atoms with Crippen molar-refractivity contribution in [3.63, 3.8) is 0 Å². The number of rotatable bonds is 6. The molecule has 0 bridgehead atoms. The topological polar surface area (TPSA) is 83.6 Å². The predicted molar refractivity (Wildman–Crippen MR) is 108 cm³/mol. The molecule has 4 rings (SSSR count). The number of aromatic amines is 1. The van der Waals surface area contributed by atoms with Crippen LogP contribution in [-0.4, -0.2) is 32.6 Å². The Labute approximate surface area is 164 Å². The summed E-state index contributed by atoms with van der Waals surface area (Å²) in [5.74, 6) is 1.07. The molecule has 1 fully saturated rings. The largest absolute Gasteiger partial charge is 0.351 e. The smallest absolute Gasteiger partial charge is 0.254 e. The van der Waals surface area contributed by atoms with E-state index < -0.39 is 0 Å². The molecule has 1 amide bonds. The van der Waals surface area contributed by atoms with Gasteiger partial charge in [-0.1, -0.05) is 49.6 Å². The van der Waals surface area contributed by atoms with Crippen molar-refractivity contribution in [1.29, 1.82) is 0 Å². The molecule has 0 radical (unpaired) electrons. The Bertz CT molecular complexity index is 915. The molecule has 6 heteroatoms. The summed E-state index contributed by atoms with van der Waals surface area (Å²) in [5, 5.41) is 10.2. The number of nitrogens with zero attached hydrogens (tertiary/aromatic N) is 3. The maximum absolute atomic E-state index is 12.6. The molecule has 1 aliphatic carbocycles. The second kappa shape index (κ2) is 8.78. The third-order valence-electron chi connectivity index (χ3n) is 5.34. The van der Waals surface area contributed by atoms with Crippen LogP contribution in [-0.2, 0) is 6.42 Å². The van der Waals surface area contributed by atoms with Gasteiger partial charge in [-0.25, -0.2) is 9.97 Å². The van der Waals surface area contributed by atoms with Crippen LogP contribution in [0.3, 0.4) is 0 Å². The monoisotopic (exact) mass is 375 g/mol. The molecular formula is C22H25N5O. The molecule has 2 N–H and O–H groups in total. The van der Waals surface area contributed by atoms with Crippen LogP contribution in [0.1, 0.15) is 59.9 Å². The summed E-state index contributed by atoms with van der Waals surface area (Å²) in [7, 11) is 0. The number of amides is 1. The van der Waals surface area contributed by atoms with Crippen LogP contribution in [0.4, 0.5) is 0 Å². The zero-order chi connectivity index (χ0) is 19.2. The van der Waals surface area contributed by atoms with Crippen molar-refractivity contribution in [2.75, 3.05) is 6.54 Å². The standard InChI is InChI=1S/C22H25N5O/c28-22(18-15-25-27-21(18)17-9-5-2-6-10-17)24-14-12-20-23-13-11-19(26-20)16-7-3-1-4-8-16/h1,3-4,7-8,11,13,15,17H,2,5-6,9-10,12,14H2,(H,24,28)(H,25,27). The third-order valence-corrected chi connectivity index (χ3v) is 5.34. The number of hydrogen-bond donors (Lipinski definition) is 2. The van der Waals surface area contributed by atoms with Crippen LogP contribution < -0.4 is 5.32 Å². The van der Waals surface area contributed by atoms with Crippen LogP contribution in [0.5, 0.6) is 0 Å². The molecule has 2 heterocycles. The average molecular weight is 375 g/mol. The van der Waals surface area contributed by atoms with Gasteiger partial charge < -0.3 is 5.32 Å². The Hall–Kier alpha value is -3.02. The van der Waals surface area contributed by atoms with Gasteiger partial charge in [-0.05, 0) is 18.9 Å². The molecule has 1 saturated carbocycles. The maximum atomic E-state index is 12.6. The van der Waals surface area contributed by atoms with Gasteiger partial charge >= 0.3 is 0 Å². The van der Waals surface area contributed by atoms with Gasteiger partial charge in [0.1, 0.15) is 5.82 Å². The summed E-state index contributed by atoms with van der Waals surface area (Å²) in [6.45, 7) is 0.492. The fraction of sp³-hybridized carbons (Fsp3) is 0.364. The first-order chi connectivity index (χ1) is 13.8. The second-order valence-electron chi connectivity index (χ2n) is 7.26. The van der Waals surface area contributed by atoms with E-state index >= 15 is 0 Å². The molecule has 0 atom stereocenters. The number of benzene rings is 1. The number of H-pyrrole nitrogens is 1. The lowest BCUT2D eigenvalue weighted by Crippen LogP contribution is -2.27. The minimum atomic E-state index is -0.0754. The lowest BCUT2D eigenvalue weighted by Gasteiger charge is -2.21. The van der Waals surface area contributed by atoms with Crippen LogP contribution in [0.25, 0.3) is 11.3 Å². The van der Waals surface area contributed by atoms with Crippen LogP contribution in [0.2, 0.25) is 0 Å². The zero-order valence-corrected chi connectivity index (χ0v) is 15.9. The molecule has 0 saturated heterocycles. The lowest BCUT2D eigenvalue weighted by atomic mass is 9.85. The van der Waals surface area contributed by atoms with Crippen LogP contribution >= 0.6 is 0 Å². The summed E-state index contributed by atoms with van der Waals surface area (Å²) in [6, 6.07) is 11.9. The maximum Gasteiger partial charge on any atom is 0.254 e. The van der Waals surface area contributed by atoms with E-state index in [0.29, 0.717) is 24.4 Å². The van der Waals surface area contributed by atoms with Gasteiger partial charge in [0.25, 0.3) is 5.91 Å². The van der Waals surface area contributed by atoms with Gasteiger partial charge in [-0.3, -0.25) is 9.89 Å². The molecule has 1 aliphatic rings. The van der Waals surface area contributed by atoms with Crippen LogP contribution in [0, 0.1) is 0 Å². The molecule has 1 aromatic carbocycles. The quantitative estimate of drug-likeness (QED) is 0.685. The van der Waals surface area contributed by atoms with Crippen molar-refractivity contribution in [2.24, 2.45) is 0 Å². The predicted octanol–water partition coefficient (Wildman–Crippen LogP) is 3.89. The van der Waals surface area contributed by atoms with Crippen molar-refractivity contribution in [2.45, 2.75) is 44.4 Å². The normalized spacial score (nSPS) is 14.7. The van der Waals surface area contributed by atoms with Gasteiger partial charge in [0.05, 0.1) is 23.1 Å². The van der Waals surface area contributed by atoms with Gasteiger partial charge in [0, 0.05) is 30.6 Å². The van der Waals surface area contributed by atoms with E-state index in [2.05, 4.69) is 25.5 Å². The van der Waals surface area contributed by atoms with Gasteiger partial charge in [-0.15, -0.1) is 0 Å². The summed E-state index contributed by atoms with van der Waals surface area (Å²) >= 11 is 0. The highest BCUT2D eigenvalue weighted by molar-refractivity contribution is 5.95. The number of aromatic nitrogens is 4. The SMILES string of the molecule is O=C(NCCc1nccc(-c2ccccc2)n1)c1cn[nH]c1C1CCCCC1. The van der Waals surface area contributed by atoms with E-state index in [1.807, 2.05) is 36.4 Å². The Balaban J connectivity index is 1.36. The van der Waals surface area contributed by atoms with E-state index in [9.17, 15) is 4.79 Å². The molecule has 2 aromatic heterocycles. The summed E-state index contributed by atoms with van der Waals surface area (Å²) in [4.78, 5) is 21.6. The first-order valence-corrected chi connectivity index (χ1v) is 10.00.